The van der Waals surface area contributed by atoms with Gasteiger partial charge in [-0.15, -0.1) is 0 Å². The number of para-hydroxylation sites is 1. The van der Waals surface area contributed by atoms with Gasteiger partial charge in [-0.05, 0) is 18.6 Å². The number of aryl methyl sites for hydroxylation is 1. The summed E-state index contributed by atoms with van der Waals surface area (Å²) in [5.41, 5.74) is 8.98. The largest absolute Gasteiger partial charge is 0.381 e. The molecule has 2 aromatic rings. The maximum absolute atomic E-state index is 5.72. The van der Waals surface area contributed by atoms with Gasteiger partial charge in [0.25, 0.3) is 0 Å². The van der Waals surface area contributed by atoms with Crippen LogP contribution in [0.4, 0.5) is 0 Å². The summed E-state index contributed by atoms with van der Waals surface area (Å²) in [6, 6.07) is 6.13. The van der Waals surface area contributed by atoms with Crippen molar-refractivity contribution in [2.24, 2.45) is 12.8 Å². The van der Waals surface area contributed by atoms with Crippen LogP contribution in [0.3, 0.4) is 0 Å². The molecule has 0 radical (unpaired) electrons. The van der Waals surface area contributed by atoms with E-state index < -0.39 is 0 Å². The lowest BCUT2D eigenvalue weighted by molar-refractivity contribution is 0.149. The van der Waals surface area contributed by atoms with Crippen molar-refractivity contribution in [1.82, 2.24) is 9.55 Å². The molecule has 0 amide bonds. The van der Waals surface area contributed by atoms with Gasteiger partial charge in [-0.3, -0.25) is 0 Å². The maximum Gasteiger partial charge on any atom is 0.111 e. The second-order valence-electron chi connectivity index (χ2n) is 4.02. The molecule has 2 rings (SSSR count). The van der Waals surface area contributed by atoms with Gasteiger partial charge in [0.1, 0.15) is 5.82 Å². The van der Waals surface area contributed by atoms with E-state index in [1.165, 1.54) is 0 Å². The molecule has 4 nitrogen and oxygen atoms in total. The van der Waals surface area contributed by atoms with Gasteiger partial charge in [0, 0.05) is 26.6 Å². The first kappa shape index (κ1) is 12.1. The second-order valence-corrected chi connectivity index (χ2v) is 4.02. The Hall–Kier alpha value is -1.39. The summed E-state index contributed by atoms with van der Waals surface area (Å²) < 4.78 is 7.49. The highest BCUT2D eigenvalue weighted by atomic mass is 16.5. The first-order valence-electron chi connectivity index (χ1n) is 5.99. The molecule has 0 unspecified atom stereocenters. The monoisotopic (exact) mass is 233 g/mol. The molecule has 1 aromatic heterocycles. The number of nitrogens with zero attached hydrogens (tertiary/aromatic N) is 2. The Morgan fingerprint density at radius 3 is 2.94 bits per heavy atom. The molecule has 0 aliphatic heterocycles. The zero-order valence-electron chi connectivity index (χ0n) is 10.4. The summed E-state index contributed by atoms with van der Waals surface area (Å²) in [6.45, 7) is 3.99. The van der Waals surface area contributed by atoms with Crippen LogP contribution in [-0.2, 0) is 24.8 Å². The highest BCUT2D eigenvalue weighted by molar-refractivity contribution is 5.79. The van der Waals surface area contributed by atoms with Gasteiger partial charge >= 0.3 is 0 Å². The molecule has 0 aliphatic rings. The Balaban J connectivity index is 2.35. The number of fused-ring (bicyclic) bond motifs is 1. The van der Waals surface area contributed by atoms with Crippen LogP contribution in [0.1, 0.15) is 18.3 Å². The fourth-order valence-electron chi connectivity index (χ4n) is 2.02. The van der Waals surface area contributed by atoms with Crippen molar-refractivity contribution in [1.29, 1.82) is 0 Å². The predicted octanol–water partition coefficient (Wildman–Crippen LogP) is 1.61. The molecule has 17 heavy (non-hydrogen) atoms. The van der Waals surface area contributed by atoms with Gasteiger partial charge in [-0.2, -0.15) is 0 Å². The minimum atomic E-state index is 0.527. The Morgan fingerprint density at radius 2 is 2.24 bits per heavy atom. The Bertz CT molecular complexity index is 505. The van der Waals surface area contributed by atoms with E-state index in [9.17, 15) is 0 Å². The first-order valence-corrected chi connectivity index (χ1v) is 5.99. The lowest BCUT2D eigenvalue weighted by Crippen LogP contribution is -2.03. The van der Waals surface area contributed by atoms with Gasteiger partial charge in [0.05, 0.1) is 17.6 Å². The van der Waals surface area contributed by atoms with E-state index in [0.717, 1.165) is 35.4 Å². The van der Waals surface area contributed by atoms with Crippen molar-refractivity contribution in [3.63, 3.8) is 0 Å². The summed E-state index contributed by atoms with van der Waals surface area (Å²) >= 11 is 0. The van der Waals surface area contributed by atoms with Crippen LogP contribution in [0.5, 0.6) is 0 Å². The van der Waals surface area contributed by atoms with Crippen LogP contribution in [0.2, 0.25) is 0 Å². The summed E-state index contributed by atoms with van der Waals surface area (Å²) in [5.74, 6) is 1.05. The number of ether oxygens (including phenoxy) is 1. The Labute approximate surface area is 101 Å². The van der Waals surface area contributed by atoms with Crippen LogP contribution in [0.15, 0.2) is 18.2 Å². The number of aromatic nitrogens is 2. The molecule has 92 valence electrons. The SMILES string of the molecule is CCOCCc1nc2c(CN)cccc2n1C. The number of hydrogen-bond acceptors (Lipinski definition) is 3. The van der Waals surface area contributed by atoms with Crippen LogP contribution < -0.4 is 5.73 Å². The van der Waals surface area contributed by atoms with E-state index in [1.807, 2.05) is 26.1 Å². The molecular weight excluding hydrogens is 214 g/mol. The van der Waals surface area contributed by atoms with Gasteiger partial charge in [0.15, 0.2) is 0 Å². The first-order chi connectivity index (χ1) is 8.27. The van der Waals surface area contributed by atoms with Crippen molar-refractivity contribution >= 4 is 11.0 Å². The molecule has 2 N–H and O–H groups in total. The molecule has 0 bridgehead atoms. The molecular formula is C13H19N3O. The van der Waals surface area contributed by atoms with Crippen LogP contribution in [0, 0.1) is 0 Å². The standard InChI is InChI=1S/C13H19N3O/c1-3-17-8-7-12-15-13-10(9-14)5-4-6-11(13)16(12)2/h4-6H,3,7-9,14H2,1-2H3. The van der Waals surface area contributed by atoms with Crippen LogP contribution in [-0.4, -0.2) is 22.8 Å². The van der Waals surface area contributed by atoms with Gasteiger partial charge < -0.3 is 15.0 Å². The van der Waals surface area contributed by atoms with Crippen LogP contribution in [0.25, 0.3) is 11.0 Å². The predicted molar refractivity (Wildman–Crippen MR) is 68.8 cm³/mol. The average Bonchev–Trinajstić information content (AvgIpc) is 2.67. The third-order valence-corrected chi connectivity index (χ3v) is 2.98. The molecule has 0 fully saturated rings. The fourth-order valence-corrected chi connectivity index (χ4v) is 2.02. The van der Waals surface area contributed by atoms with E-state index in [0.29, 0.717) is 13.2 Å². The van der Waals surface area contributed by atoms with Crippen molar-refractivity contribution in [2.75, 3.05) is 13.2 Å². The molecule has 0 saturated heterocycles. The molecule has 0 atom stereocenters. The lowest BCUT2D eigenvalue weighted by Gasteiger charge is -2.02. The summed E-state index contributed by atoms with van der Waals surface area (Å²) in [7, 11) is 2.04. The van der Waals surface area contributed by atoms with Gasteiger partial charge in [0.2, 0.25) is 0 Å². The van der Waals surface area contributed by atoms with Crippen LogP contribution >= 0.6 is 0 Å². The van der Waals surface area contributed by atoms with E-state index in [1.54, 1.807) is 0 Å². The maximum atomic E-state index is 5.72. The zero-order valence-corrected chi connectivity index (χ0v) is 10.4. The number of rotatable bonds is 5. The molecule has 1 aromatic carbocycles. The number of imidazole rings is 1. The average molecular weight is 233 g/mol. The van der Waals surface area contributed by atoms with E-state index in [4.69, 9.17) is 10.5 Å². The Morgan fingerprint density at radius 1 is 1.41 bits per heavy atom. The minimum absolute atomic E-state index is 0.527. The fraction of sp³-hybridized carbons (Fsp3) is 0.462. The molecule has 0 spiro atoms. The summed E-state index contributed by atoms with van der Waals surface area (Å²) in [5, 5.41) is 0. The Kier molecular flexibility index (Phi) is 3.76. The second kappa shape index (κ2) is 5.29. The molecule has 0 aliphatic carbocycles. The van der Waals surface area contributed by atoms with E-state index in [2.05, 4.69) is 15.6 Å². The van der Waals surface area contributed by atoms with E-state index >= 15 is 0 Å². The number of hydrogen-bond donors (Lipinski definition) is 1. The van der Waals surface area contributed by atoms with Gasteiger partial charge in [-0.25, -0.2) is 4.98 Å². The molecule has 0 saturated carbocycles. The normalized spacial score (nSPS) is 11.2. The van der Waals surface area contributed by atoms with E-state index in [-0.39, 0.29) is 0 Å². The lowest BCUT2D eigenvalue weighted by atomic mass is 10.2. The highest BCUT2D eigenvalue weighted by Gasteiger charge is 2.09. The van der Waals surface area contributed by atoms with Gasteiger partial charge in [-0.1, -0.05) is 12.1 Å². The van der Waals surface area contributed by atoms with Crippen molar-refractivity contribution in [3.05, 3.63) is 29.6 Å². The topological polar surface area (TPSA) is 53.1 Å². The smallest absolute Gasteiger partial charge is 0.111 e. The number of benzene rings is 1. The quantitative estimate of drug-likeness (QED) is 0.798. The highest BCUT2D eigenvalue weighted by Crippen LogP contribution is 2.19. The number of nitrogens with two attached hydrogens (primary N) is 1. The minimum Gasteiger partial charge on any atom is -0.381 e. The van der Waals surface area contributed by atoms with Crippen molar-refractivity contribution in [2.45, 2.75) is 19.9 Å². The summed E-state index contributed by atoms with van der Waals surface area (Å²) in [6.07, 6.45) is 0.836. The third-order valence-electron chi connectivity index (χ3n) is 2.98. The van der Waals surface area contributed by atoms with Crippen molar-refractivity contribution in [3.8, 4) is 0 Å². The van der Waals surface area contributed by atoms with Crippen molar-refractivity contribution < 1.29 is 4.74 Å². The third kappa shape index (κ3) is 2.33. The zero-order chi connectivity index (χ0) is 12.3. The molecule has 4 heteroatoms. The molecule has 1 heterocycles. The summed E-state index contributed by atoms with van der Waals surface area (Å²) in [4.78, 5) is 4.66.